The van der Waals surface area contributed by atoms with Crippen LogP contribution in [-0.2, 0) is 0 Å². The molecule has 1 aromatic heterocycles. The number of rotatable bonds is 8. The molecule has 1 amide bonds. The first kappa shape index (κ1) is 17.2. The number of hydrogen-bond acceptors (Lipinski definition) is 3. The minimum Gasteiger partial charge on any atom is -0.352 e. The third-order valence-electron chi connectivity index (χ3n) is 2.96. The first-order chi connectivity index (χ1) is 9.50. The first-order valence-electron chi connectivity index (χ1n) is 6.97. The monoisotopic (exact) mass is 317 g/mol. The molecule has 112 valence electrons. The number of nitrogens with one attached hydrogen (secondary N) is 1. The lowest BCUT2D eigenvalue weighted by molar-refractivity contribution is 0.0952. The molecule has 1 N–H and O–H groups in total. The van der Waals surface area contributed by atoms with E-state index in [9.17, 15) is 4.79 Å². The van der Waals surface area contributed by atoms with Gasteiger partial charge < -0.3 is 5.32 Å². The van der Waals surface area contributed by atoms with Crippen LogP contribution < -0.4 is 5.32 Å². The van der Waals surface area contributed by atoms with Gasteiger partial charge >= 0.3 is 0 Å². The number of halogens is 2. The second-order valence-electron chi connectivity index (χ2n) is 5.22. The summed E-state index contributed by atoms with van der Waals surface area (Å²) in [5, 5.41) is 10.2. The number of nitrogens with zero attached hydrogens (tertiary/aromatic N) is 2. The van der Waals surface area contributed by atoms with E-state index in [-0.39, 0.29) is 21.8 Å². The van der Waals surface area contributed by atoms with Crippen molar-refractivity contribution in [3.63, 3.8) is 0 Å². The minimum absolute atomic E-state index is 0.0730. The smallest absolute Gasteiger partial charge is 0.254 e. The zero-order valence-electron chi connectivity index (χ0n) is 12.0. The Morgan fingerprint density at radius 3 is 2.60 bits per heavy atom. The van der Waals surface area contributed by atoms with Crippen molar-refractivity contribution in [1.82, 2.24) is 15.5 Å². The molecule has 0 saturated heterocycles. The summed E-state index contributed by atoms with van der Waals surface area (Å²) in [6.07, 6.45) is 5.81. The van der Waals surface area contributed by atoms with Crippen LogP contribution in [0.1, 0.15) is 56.3 Å². The highest BCUT2D eigenvalue weighted by molar-refractivity contribution is 6.34. The lowest BCUT2D eigenvalue weighted by atomic mass is 10.0. The Morgan fingerprint density at radius 1 is 1.20 bits per heavy atom. The molecular weight excluding hydrogens is 297 g/mol. The number of carbonyl (C=O) groups excluding carboxylic acids is 1. The fraction of sp³-hybridized carbons (Fsp3) is 0.643. The van der Waals surface area contributed by atoms with Crippen LogP contribution in [-0.4, -0.2) is 22.6 Å². The van der Waals surface area contributed by atoms with E-state index < -0.39 is 0 Å². The molecule has 0 spiro atoms. The van der Waals surface area contributed by atoms with E-state index in [4.69, 9.17) is 23.2 Å². The van der Waals surface area contributed by atoms with E-state index in [0.29, 0.717) is 6.54 Å². The third kappa shape index (κ3) is 6.53. The van der Waals surface area contributed by atoms with Crippen molar-refractivity contribution in [3.8, 4) is 0 Å². The Bertz CT molecular complexity index is 438. The third-order valence-corrected chi connectivity index (χ3v) is 3.42. The second kappa shape index (κ2) is 9.14. The molecule has 0 atom stereocenters. The maximum absolute atomic E-state index is 11.9. The fourth-order valence-corrected chi connectivity index (χ4v) is 2.17. The Balaban J connectivity index is 2.22. The summed E-state index contributed by atoms with van der Waals surface area (Å²) >= 11 is 11.5. The van der Waals surface area contributed by atoms with Crippen molar-refractivity contribution in [2.45, 2.75) is 46.0 Å². The fourth-order valence-electron chi connectivity index (χ4n) is 1.84. The van der Waals surface area contributed by atoms with Gasteiger partial charge in [0, 0.05) is 6.54 Å². The van der Waals surface area contributed by atoms with Gasteiger partial charge in [-0.15, -0.1) is 10.2 Å². The van der Waals surface area contributed by atoms with Crippen molar-refractivity contribution in [2.75, 3.05) is 6.54 Å². The van der Waals surface area contributed by atoms with Gasteiger partial charge in [0.05, 0.1) is 5.56 Å². The molecule has 1 rings (SSSR count). The molecule has 0 saturated carbocycles. The van der Waals surface area contributed by atoms with Crippen LogP contribution in [0.3, 0.4) is 0 Å². The lowest BCUT2D eigenvalue weighted by Crippen LogP contribution is -2.25. The van der Waals surface area contributed by atoms with Gasteiger partial charge in [0.2, 0.25) is 0 Å². The van der Waals surface area contributed by atoms with Gasteiger partial charge in [0.15, 0.2) is 10.3 Å². The van der Waals surface area contributed by atoms with Crippen LogP contribution >= 0.6 is 23.2 Å². The van der Waals surface area contributed by atoms with Crippen molar-refractivity contribution in [1.29, 1.82) is 0 Å². The van der Waals surface area contributed by atoms with E-state index in [0.717, 1.165) is 18.8 Å². The molecule has 0 aromatic carbocycles. The Hall–Kier alpha value is -0.870. The molecule has 0 bridgehead atoms. The number of carbonyl (C=O) groups is 1. The molecule has 0 aliphatic heterocycles. The predicted octanol–water partition coefficient (Wildman–Crippen LogP) is 4.12. The van der Waals surface area contributed by atoms with Gasteiger partial charge in [-0.05, 0) is 18.4 Å². The first-order valence-corrected chi connectivity index (χ1v) is 7.73. The highest BCUT2D eigenvalue weighted by Crippen LogP contribution is 2.15. The molecule has 4 nitrogen and oxygen atoms in total. The summed E-state index contributed by atoms with van der Waals surface area (Å²) < 4.78 is 0. The van der Waals surface area contributed by atoms with Crippen molar-refractivity contribution < 1.29 is 4.79 Å². The van der Waals surface area contributed by atoms with Gasteiger partial charge in [-0.1, -0.05) is 62.7 Å². The number of aromatic nitrogens is 2. The van der Waals surface area contributed by atoms with E-state index >= 15 is 0 Å². The van der Waals surface area contributed by atoms with Gasteiger partial charge in [0.1, 0.15) is 0 Å². The molecule has 0 fully saturated rings. The average Bonchev–Trinajstić information content (AvgIpc) is 2.39. The minimum atomic E-state index is -0.256. The molecule has 0 unspecified atom stereocenters. The lowest BCUT2D eigenvalue weighted by Gasteiger charge is -2.07. The van der Waals surface area contributed by atoms with Crippen molar-refractivity contribution in [3.05, 3.63) is 21.9 Å². The molecule has 0 aliphatic rings. The number of amides is 1. The van der Waals surface area contributed by atoms with E-state index in [1.54, 1.807) is 0 Å². The Kier molecular flexibility index (Phi) is 7.85. The van der Waals surface area contributed by atoms with Crippen LogP contribution in [0.5, 0.6) is 0 Å². The molecule has 6 heteroatoms. The van der Waals surface area contributed by atoms with Crippen LogP contribution in [0, 0.1) is 5.92 Å². The summed E-state index contributed by atoms with van der Waals surface area (Å²) in [6.45, 7) is 5.10. The quantitative estimate of drug-likeness (QED) is 0.734. The normalized spacial score (nSPS) is 10.8. The predicted molar refractivity (Wildman–Crippen MR) is 82.3 cm³/mol. The average molecular weight is 318 g/mol. The van der Waals surface area contributed by atoms with Crippen molar-refractivity contribution in [2.24, 2.45) is 5.92 Å². The van der Waals surface area contributed by atoms with Crippen LogP contribution in [0.15, 0.2) is 6.07 Å². The Morgan fingerprint density at radius 2 is 1.90 bits per heavy atom. The molecule has 1 aromatic rings. The maximum Gasteiger partial charge on any atom is 0.254 e. The van der Waals surface area contributed by atoms with Crippen molar-refractivity contribution >= 4 is 29.1 Å². The summed E-state index contributed by atoms with van der Waals surface area (Å²) in [5.41, 5.74) is 0.270. The summed E-state index contributed by atoms with van der Waals surface area (Å²) in [4.78, 5) is 11.9. The maximum atomic E-state index is 11.9. The summed E-state index contributed by atoms with van der Waals surface area (Å²) in [5.74, 6) is 0.509. The molecule has 0 radical (unpaired) electrons. The molecular formula is C14H21Cl2N3O. The topological polar surface area (TPSA) is 54.9 Å². The van der Waals surface area contributed by atoms with E-state index in [2.05, 4.69) is 29.4 Å². The van der Waals surface area contributed by atoms with Crippen LogP contribution in [0.2, 0.25) is 10.3 Å². The standard InChI is InChI=1S/C14H21Cl2N3O/c1-10(2)7-5-3-4-6-8-17-14(20)11-9-12(15)18-19-13(11)16/h9-10H,3-8H2,1-2H3,(H,17,20). The van der Waals surface area contributed by atoms with Crippen LogP contribution in [0.4, 0.5) is 0 Å². The molecule has 1 heterocycles. The van der Waals surface area contributed by atoms with Crippen LogP contribution in [0.25, 0.3) is 0 Å². The summed E-state index contributed by atoms with van der Waals surface area (Å²) in [7, 11) is 0. The zero-order valence-corrected chi connectivity index (χ0v) is 13.5. The number of unbranched alkanes of at least 4 members (excludes halogenated alkanes) is 3. The SMILES string of the molecule is CC(C)CCCCCCNC(=O)c1cc(Cl)nnc1Cl. The van der Waals surface area contributed by atoms with E-state index in [1.807, 2.05) is 0 Å². The second-order valence-corrected chi connectivity index (χ2v) is 5.97. The van der Waals surface area contributed by atoms with Gasteiger partial charge in [-0.25, -0.2) is 0 Å². The van der Waals surface area contributed by atoms with Gasteiger partial charge in [-0.2, -0.15) is 0 Å². The van der Waals surface area contributed by atoms with Gasteiger partial charge in [0.25, 0.3) is 5.91 Å². The highest BCUT2D eigenvalue weighted by Gasteiger charge is 2.12. The van der Waals surface area contributed by atoms with E-state index in [1.165, 1.54) is 25.3 Å². The zero-order chi connectivity index (χ0) is 15.0. The molecule has 0 aliphatic carbocycles. The molecule has 20 heavy (non-hydrogen) atoms. The summed E-state index contributed by atoms with van der Waals surface area (Å²) in [6, 6.07) is 1.43. The largest absolute Gasteiger partial charge is 0.352 e. The Labute approximate surface area is 130 Å². The highest BCUT2D eigenvalue weighted by atomic mass is 35.5. The van der Waals surface area contributed by atoms with Gasteiger partial charge in [-0.3, -0.25) is 4.79 Å². The number of hydrogen-bond donors (Lipinski definition) is 1.